The first-order valence-corrected chi connectivity index (χ1v) is 22.3. The monoisotopic (exact) mass is 778 g/mol. The average molecular weight is 779 g/mol. The van der Waals surface area contributed by atoms with E-state index in [4.69, 9.17) is 9.47 Å². The van der Waals surface area contributed by atoms with Crippen LogP contribution in [0.15, 0.2) is 85.2 Å². The minimum absolute atomic E-state index is 0.118. The van der Waals surface area contributed by atoms with Gasteiger partial charge in [-0.25, -0.2) is 0 Å². The number of hydrogen-bond donors (Lipinski definition) is 4. The summed E-state index contributed by atoms with van der Waals surface area (Å²) in [5.74, 6) is -1.46. The number of carbonyl (C=O) groups excluding carboxylic acids is 3. The molecule has 2 amide bonds. The minimum Gasteiger partial charge on any atom is -0.469 e. The van der Waals surface area contributed by atoms with Crippen LogP contribution in [0.3, 0.4) is 0 Å². The topological polar surface area (TPSA) is 172 Å². The van der Waals surface area contributed by atoms with Gasteiger partial charge in [0.05, 0.1) is 43.5 Å². The summed E-state index contributed by atoms with van der Waals surface area (Å²) in [7, 11) is -1.60. The van der Waals surface area contributed by atoms with Crippen LogP contribution in [0.25, 0.3) is 10.9 Å². The van der Waals surface area contributed by atoms with E-state index in [1.165, 1.54) is 7.11 Å². The number of aliphatic hydroxyl groups is 1. The summed E-state index contributed by atoms with van der Waals surface area (Å²) in [6.45, 7) is 6.41. The number of aromatic nitrogens is 4. The largest absolute Gasteiger partial charge is 0.469 e. The van der Waals surface area contributed by atoms with E-state index in [0.29, 0.717) is 55.0 Å². The molecular formula is C42H50N6O7Si. The van der Waals surface area contributed by atoms with Crippen molar-refractivity contribution in [1.29, 1.82) is 0 Å². The number of nitrogens with one attached hydrogen (secondary N) is 2. The molecule has 5 atom stereocenters. The number of carbonyl (C=O) groups is 3. The smallest absolute Gasteiger partial charge is 0.305 e. The Kier molecular flexibility index (Phi) is 11.3. The van der Waals surface area contributed by atoms with Gasteiger partial charge in [-0.3, -0.25) is 19.1 Å². The third-order valence-electron chi connectivity index (χ3n) is 11.5. The zero-order valence-electron chi connectivity index (χ0n) is 32.3. The number of esters is 1. The third kappa shape index (κ3) is 7.53. The van der Waals surface area contributed by atoms with Crippen LogP contribution in [-0.4, -0.2) is 82.3 Å². The Morgan fingerprint density at radius 2 is 1.84 bits per heavy atom. The number of amides is 2. The van der Waals surface area contributed by atoms with Crippen molar-refractivity contribution in [3.8, 4) is 0 Å². The number of aryl methyl sites for hydroxylation is 1. The highest BCUT2D eigenvalue weighted by Gasteiger charge is 2.66. The van der Waals surface area contributed by atoms with Crippen molar-refractivity contribution in [1.82, 2.24) is 20.0 Å². The fourth-order valence-electron chi connectivity index (χ4n) is 8.84. The van der Waals surface area contributed by atoms with Crippen molar-refractivity contribution < 1.29 is 33.8 Å². The molecule has 1 fully saturated rings. The molecule has 5 aromatic rings. The second-order valence-corrected chi connectivity index (χ2v) is 19.5. The predicted octanol–water partition coefficient (Wildman–Crippen LogP) is 5.64. The molecule has 0 saturated carbocycles. The fraction of sp³-hybridized carbons (Fsp3) is 0.405. The van der Waals surface area contributed by atoms with Crippen LogP contribution >= 0.6 is 0 Å². The number of ether oxygens (including phenoxy) is 2. The van der Waals surface area contributed by atoms with Crippen LogP contribution < -0.4 is 10.2 Å². The number of unbranched alkanes of at least 4 members (excludes halogenated alkanes) is 1. The Hall–Kier alpha value is -5.15. The van der Waals surface area contributed by atoms with E-state index < -0.39 is 25.9 Å². The van der Waals surface area contributed by atoms with Crippen molar-refractivity contribution in [2.75, 3.05) is 30.5 Å². The molecule has 1 spiro atoms. The summed E-state index contributed by atoms with van der Waals surface area (Å²) in [5.41, 5.74) is 3.55. The molecule has 56 heavy (non-hydrogen) atoms. The molecule has 1 saturated heterocycles. The van der Waals surface area contributed by atoms with Gasteiger partial charge in [0.2, 0.25) is 5.91 Å². The van der Waals surface area contributed by atoms with Crippen LogP contribution in [0.4, 0.5) is 11.4 Å². The quantitative estimate of drug-likeness (QED) is 0.0596. The lowest BCUT2D eigenvalue weighted by Gasteiger charge is -2.32. The highest BCUT2D eigenvalue weighted by atomic mass is 28.4. The second kappa shape index (κ2) is 16.1. The van der Waals surface area contributed by atoms with E-state index in [9.17, 15) is 24.3 Å². The molecule has 4 heterocycles. The van der Waals surface area contributed by atoms with Crippen molar-refractivity contribution in [2.45, 2.75) is 81.8 Å². The summed E-state index contributed by atoms with van der Waals surface area (Å²) >= 11 is 0. The number of benzene rings is 3. The van der Waals surface area contributed by atoms with E-state index in [2.05, 4.69) is 20.6 Å². The number of aromatic amines is 1. The molecule has 0 bridgehead atoms. The number of rotatable bonds is 15. The summed E-state index contributed by atoms with van der Waals surface area (Å²) in [4.78, 5) is 57.0. The number of H-pyrrole nitrogens is 1. The highest BCUT2D eigenvalue weighted by molar-refractivity contribution is 6.71. The first kappa shape index (κ1) is 39.1. The number of aliphatic hydroxyl groups excluding tert-OH is 1. The maximum Gasteiger partial charge on any atom is 0.305 e. The Balaban J connectivity index is 1.17. The number of fused-ring (bicyclic) bond motifs is 3. The van der Waals surface area contributed by atoms with E-state index in [-0.39, 0.29) is 48.7 Å². The molecule has 294 valence electrons. The normalized spacial score (nSPS) is 21.1. The maximum atomic E-state index is 14.9. The van der Waals surface area contributed by atoms with Crippen LogP contribution in [-0.2, 0) is 42.4 Å². The molecule has 7 rings (SSSR count). The van der Waals surface area contributed by atoms with Gasteiger partial charge in [-0.1, -0.05) is 60.7 Å². The predicted molar refractivity (Wildman–Crippen MR) is 214 cm³/mol. The minimum atomic E-state index is -2.96. The van der Waals surface area contributed by atoms with Gasteiger partial charge in [-0.15, -0.1) is 5.10 Å². The first-order valence-electron chi connectivity index (χ1n) is 19.3. The summed E-state index contributed by atoms with van der Waals surface area (Å²) < 4.78 is 13.6. The molecule has 2 aliphatic heterocycles. The van der Waals surface area contributed by atoms with Gasteiger partial charge in [-0.05, 0) is 67.7 Å². The molecule has 0 radical (unpaired) electrons. The average Bonchev–Trinajstić information content (AvgIpc) is 3.94. The third-order valence-corrected chi connectivity index (χ3v) is 14.0. The molecular weight excluding hydrogens is 729 g/mol. The molecule has 13 nitrogen and oxygen atoms in total. The summed E-state index contributed by atoms with van der Waals surface area (Å²) in [5, 5.41) is 23.0. The summed E-state index contributed by atoms with van der Waals surface area (Å²) in [6, 6.07) is 23.0. The van der Waals surface area contributed by atoms with Crippen molar-refractivity contribution in [3.63, 3.8) is 0 Å². The zero-order valence-corrected chi connectivity index (χ0v) is 33.3. The van der Waals surface area contributed by atoms with Gasteiger partial charge < -0.3 is 34.6 Å². The second-order valence-electron chi connectivity index (χ2n) is 15.5. The number of methoxy groups -OCH3 is 1. The summed E-state index contributed by atoms with van der Waals surface area (Å²) in [6.07, 6.45) is 5.14. The Morgan fingerprint density at radius 3 is 2.59 bits per heavy atom. The van der Waals surface area contributed by atoms with Crippen LogP contribution in [0.2, 0.25) is 18.6 Å². The van der Waals surface area contributed by atoms with Crippen molar-refractivity contribution >= 4 is 48.4 Å². The molecule has 3 aromatic carbocycles. The van der Waals surface area contributed by atoms with Gasteiger partial charge >= 0.3 is 5.97 Å². The lowest BCUT2D eigenvalue weighted by molar-refractivity contribution is -0.146. The molecule has 4 N–H and O–H groups in total. The lowest BCUT2D eigenvalue weighted by atomic mass is 9.82. The Labute approximate surface area is 327 Å². The van der Waals surface area contributed by atoms with Gasteiger partial charge in [0.1, 0.15) is 0 Å². The zero-order chi connectivity index (χ0) is 39.6. The first-order chi connectivity index (χ1) is 26.9. The molecule has 1 unspecified atom stereocenters. The van der Waals surface area contributed by atoms with E-state index in [0.717, 1.165) is 22.0 Å². The fourth-order valence-corrected chi connectivity index (χ4v) is 11.4. The lowest BCUT2D eigenvalue weighted by Crippen LogP contribution is -2.46. The number of anilines is 2. The van der Waals surface area contributed by atoms with Gasteiger partial charge in [0.25, 0.3) is 5.91 Å². The van der Waals surface area contributed by atoms with Crippen LogP contribution in [0, 0.1) is 5.92 Å². The highest BCUT2D eigenvalue weighted by Crippen LogP contribution is 2.60. The Morgan fingerprint density at radius 1 is 1.07 bits per heavy atom. The van der Waals surface area contributed by atoms with E-state index in [1.54, 1.807) is 15.6 Å². The number of para-hydroxylation sites is 1. The van der Waals surface area contributed by atoms with Crippen molar-refractivity contribution in [2.24, 2.45) is 5.92 Å². The van der Waals surface area contributed by atoms with Crippen LogP contribution in [0.1, 0.15) is 60.9 Å². The van der Waals surface area contributed by atoms with Crippen LogP contribution in [0.5, 0.6) is 0 Å². The number of nitrogens with zero attached hydrogens (tertiary/aromatic N) is 4. The van der Waals surface area contributed by atoms with Gasteiger partial charge in [0, 0.05) is 65.5 Å². The van der Waals surface area contributed by atoms with E-state index in [1.807, 2.05) is 99.1 Å². The van der Waals surface area contributed by atoms with E-state index >= 15 is 0 Å². The van der Waals surface area contributed by atoms with Gasteiger partial charge in [-0.2, -0.15) is 0 Å². The SMILES string of the molecule is COC(=O)CCCCN1C(=O)[C@]2(O[C@H](CCn3cc(C(CO)c4ccccc4)nn3)[C@@H]([Si](C)(C)O)[C@@H]2C)c2cc(NC(=O)Cc3c[nH]c4ccccc34)ccc21. The Bertz CT molecular complexity index is 2200. The standard InChI is InChI=1S/C42H50N6O7Si/c1-27-40(56(3,4)53)37(19-21-47-25-35(45-46-47)32(26-49)28-12-6-5-7-13-28)55-42(27)33-23-30(44-38(50)22-29-24-43-34-15-9-8-14-31(29)34)17-18-36(33)48(41(42)52)20-11-10-16-39(51)54-2/h5-9,12-15,17-18,23-25,27,32,37,40,43,49,53H,10-11,16,19-22,26H2,1-4H3,(H,44,50)/t27-,32?,37+,40-,42+/m0/s1. The molecule has 0 aliphatic carbocycles. The van der Waals surface area contributed by atoms with Crippen molar-refractivity contribution in [3.05, 3.63) is 108 Å². The molecule has 14 heteroatoms. The maximum absolute atomic E-state index is 14.9. The number of hydrogen-bond acceptors (Lipinski definition) is 9. The van der Waals surface area contributed by atoms with Gasteiger partial charge in [0.15, 0.2) is 13.9 Å². The molecule has 2 aliphatic rings. The molecule has 2 aromatic heterocycles.